The van der Waals surface area contributed by atoms with E-state index in [1.807, 2.05) is 19.1 Å². The highest BCUT2D eigenvalue weighted by Gasteiger charge is 2.18. The van der Waals surface area contributed by atoms with Crippen LogP contribution in [0.2, 0.25) is 0 Å². The fourth-order valence-corrected chi connectivity index (χ4v) is 2.37. The van der Waals surface area contributed by atoms with E-state index < -0.39 is 12.1 Å². The van der Waals surface area contributed by atoms with E-state index in [-0.39, 0.29) is 11.5 Å². The molecule has 0 heterocycles. The first kappa shape index (κ1) is 19.2. The molecule has 0 aliphatic carbocycles. The van der Waals surface area contributed by atoms with Crippen molar-refractivity contribution in [2.75, 3.05) is 7.11 Å². The number of ether oxygens (including phenoxy) is 2. The van der Waals surface area contributed by atoms with Crippen LogP contribution in [-0.4, -0.2) is 30.1 Å². The minimum Gasteiger partial charge on any atom is -0.504 e. The van der Waals surface area contributed by atoms with E-state index in [4.69, 9.17) is 9.47 Å². The van der Waals surface area contributed by atoms with Gasteiger partial charge in [-0.05, 0) is 42.7 Å². The maximum absolute atomic E-state index is 12.3. The molecule has 26 heavy (non-hydrogen) atoms. The van der Waals surface area contributed by atoms with Crippen molar-refractivity contribution < 1.29 is 24.2 Å². The summed E-state index contributed by atoms with van der Waals surface area (Å²) in [4.78, 5) is 24.3. The molecule has 5 nitrogen and oxygen atoms in total. The monoisotopic (exact) mass is 354 g/mol. The molecule has 0 bridgehead atoms. The lowest BCUT2D eigenvalue weighted by Gasteiger charge is -2.11. The Morgan fingerprint density at radius 2 is 1.85 bits per heavy atom. The predicted molar refractivity (Wildman–Crippen MR) is 99.4 cm³/mol. The Hall–Kier alpha value is -3.08. The van der Waals surface area contributed by atoms with Crippen LogP contribution in [-0.2, 0) is 16.0 Å². The van der Waals surface area contributed by atoms with Crippen LogP contribution in [0.3, 0.4) is 0 Å². The number of Topliss-reactive ketones (excluding diaryl/α,β-unsaturated/α-hetero) is 1. The summed E-state index contributed by atoms with van der Waals surface area (Å²) < 4.78 is 10.2. The summed E-state index contributed by atoms with van der Waals surface area (Å²) in [7, 11) is 1.44. The topological polar surface area (TPSA) is 72.8 Å². The molecule has 0 aliphatic rings. The number of rotatable bonds is 7. The van der Waals surface area contributed by atoms with Gasteiger partial charge in [0.05, 0.1) is 7.11 Å². The first-order valence-electron chi connectivity index (χ1n) is 8.33. The Morgan fingerprint density at radius 3 is 2.46 bits per heavy atom. The number of carbonyl (C=O) groups excluding carboxylic acids is 2. The lowest BCUT2D eigenvalue weighted by molar-refractivity contribution is -0.140. The van der Waals surface area contributed by atoms with Gasteiger partial charge in [-0.25, -0.2) is 4.79 Å². The van der Waals surface area contributed by atoms with Crippen molar-refractivity contribution in [2.45, 2.75) is 26.4 Å². The Morgan fingerprint density at radius 1 is 1.15 bits per heavy atom. The van der Waals surface area contributed by atoms with E-state index in [1.54, 1.807) is 31.2 Å². The molecule has 0 spiro atoms. The summed E-state index contributed by atoms with van der Waals surface area (Å²) in [5.41, 5.74) is 2.30. The number of phenolic OH excluding ortho intramolecular Hbond substituents is 1. The van der Waals surface area contributed by atoms with Crippen molar-refractivity contribution in [1.82, 2.24) is 0 Å². The van der Waals surface area contributed by atoms with Gasteiger partial charge in [-0.15, -0.1) is 0 Å². The van der Waals surface area contributed by atoms with Crippen LogP contribution in [0, 0.1) is 0 Å². The number of carbonyl (C=O) groups is 2. The van der Waals surface area contributed by atoms with Gasteiger partial charge < -0.3 is 14.6 Å². The van der Waals surface area contributed by atoms with Crippen molar-refractivity contribution in [2.24, 2.45) is 0 Å². The van der Waals surface area contributed by atoms with E-state index in [0.29, 0.717) is 16.9 Å². The molecule has 1 unspecified atom stereocenters. The number of aromatic hydroxyl groups is 1. The SMILES string of the molecule is CCc1ccc(C(=O)C(C)OC(=O)C=Cc2ccc(O)c(OC)c2)cc1. The van der Waals surface area contributed by atoms with Gasteiger partial charge in [0.1, 0.15) is 0 Å². The van der Waals surface area contributed by atoms with E-state index >= 15 is 0 Å². The van der Waals surface area contributed by atoms with Gasteiger partial charge in [0.15, 0.2) is 17.6 Å². The van der Waals surface area contributed by atoms with Crippen molar-refractivity contribution in [3.05, 3.63) is 65.2 Å². The average molecular weight is 354 g/mol. The van der Waals surface area contributed by atoms with Crippen LogP contribution < -0.4 is 4.74 Å². The van der Waals surface area contributed by atoms with Gasteiger partial charge in [0, 0.05) is 11.6 Å². The smallest absolute Gasteiger partial charge is 0.331 e. The molecule has 0 fully saturated rings. The van der Waals surface area contributed by atoms with Crippen LogP contribution in [0.25, 0.3) is 6.08 Å². The quantitative estimate of drug-likeness (QED) is 0.465. The molecule has 5 heteroatoms. The summed E-state index contributed by atoms with van der Waals surface area (Å²) >= 11 is 0. The normalized spacial score (nSPS) is 12.0. The Kier molecular flexibility index (Phi) is 6.55. The molecule has 0 radical (unpaired) electrons. The Bertz CT molecular complexity index is 806. The van der Waals surface area contributed by atoms with Crippen LogP contribution >= 0.6 is 0 Å². The van der Waals surface area contributed by atoms with Gasteiger partial charge in [-0.2, -0.15) is 0 Å². The summed E-state index contributed by atoms with van der Waals surface area (Å²) in [6, 6.07) is 11.9. The van der Waals surface area contributed by atoms with Crippen LogP contribution in [0.1, 0.15) is 35.3 Å². The number of ketones is 1. The maximum atomic E-state index is 12.3. The molecule has 0 aromatic heterocycles. The molecule has 2 aromatic carbocycles. The standard InChI is InChI=1S/C21H22O5/c1-4-15-5-9-17(10-6-15)21(24)14(2)26-20(23)12-8-16-7-11-18(22)19(13-16)25-3/h5-14,22H,4H2,1-3H3. The third-order valence-corrected chi connectivity index (χ3v) is 3.92. The first-order valence-corrected chi connectivity index (χ1v) is 8.33. The number of aryl methyl sites for hydroxylation is 1. The first-order chi connectivity index (χ1) is 12.4. The fraction of sp³-hybridized carbons (Fsp3) is 0.238. The Labute approximate surface area is 152 Å². The lowest BCUT2D eigenvalue weighted by atomic mass is 10.0. The minimum atomic E-state index is -0.881. The maximum Gasteiger partial charge on any atom is 0.331 e. The number of hydrogen-bond acceptors (Lipinski definition) is 5. The molecule has 2 rings (SSSR count). The van der Waals surface area contributed by atoms with Crippen LogP contribution in [0.15, 0.2) is 48.5 Å². The summed E-state index contributed by atoms with van der Waals surface area (Å²) in [6.07, 6.45) is 2.77. The molecular weight excluding hydrogens is 332 g/mol. The van der Waals surface area contributed by atoms with E-state index in [0.717, 1.165) is 12.0 Å². The second-order valence-electron chi connectivity index (χ2n) is 5.76. The number of phenols is 1. The number of hydrogen-bond donors (Lipinski definition) is 1. The number of benzene rings is 2. The average Bonchev–Trinajstić information content (AvgIpc) is 2.66. The van der Waals surface area contributed by atoms with Gasteiger partial charge in [0.25, 0.3) is 0 Å². The van der Waals surface area contributed by atoms with E-state index in [9.17, 15) is 14.7 Å². The van der Waals surface area contributed by atoms with Crippen molar-refractivity contribution in [1.29, 1.82) is 0 Å². The predicted octanol–water partition coefficient (Wildman–Crippen LogP) is 3.79. The lowest BCUT2D eigenvalue weighted by Crippen LogP contribution is -2.23. The second kappa shape index (κ2) is 8.85. The number of methoxy groups -OCH3 is 1. The summed E-state index contributed by atoms with van der Waals surface area (Å²) in [5.74, 6) is -0.552. The molecule has 0 saturated heterocycles. The molecule has 136 valence electrons. The molecule has 0 aliphatic heterocycles. The van der Waals surface area contributed by atoms with Crippen LogP contribution in [0.5, 0.6) is 11.5 Å². The number of esters is 1. The zero-order valence-corrected chi connectivity index (χ0v) is 15.1. The summed E-state index contributed by atoms with van der Waals surface area (Å²) in [6.45, 7) is 3.59. The molecule has 1 N–H and O–H groups in total. The van der Waals surface area contributed by atoms with E-state index in [2.05, 4.69) is 0 Å². The molecule has 1 atom stereocenters. The zero-order chi connectivity index (χ0) is 19.1. The highest BCUT2D eigenvalue weighted by atomic mass is 16.5. The molecule has 0 amide bonds. The largest absolute Gasteiger partial charge is 0.504 e. The third kappa shape index (κ3) is 4.96. The second-order valence-corrected chi connectivity index (χ2v) is 5.76. The van der Waals surface area contributed by atoms with Crippen molar-refractivity contribution >= 4 is 17.8 Å². The van der Waals surface area contributed by atoms with Gasteiger partial charge >= 0.3 is 5.97 Å². The van der Waals surface area contributed by atoms with Gasteiger partial charge in [-0.3, -0.25) is 4.79 Å². The molecule has 2 aromatic rings. The van der Waals surface area contributed by atoms with E-state index in [1.165, 1.54) is 25.3 Å². The van der Waals surface area contributed by atoms with Gasteiger partial charge in [0.2, 0.25) is 5.78 Å². The van der Waals surface area contributed by atoms with Crippen LogP contribution in [0.4, 0.5) is 0 Å². The van der Waals surface area contributed by atoms with Crippen molar-refractivity contribution in [3.63, 3.8) is 0 Å². The Balaban J connectivity index is 1.98. The highest BCUT2D eigenvalue weighted by molar-refractivity contribution is 6.01. The van der Waals surface area contributed by atoms with Crippen molar-refractivity contribution in [3.8, 4) is 11.5 Å². The molecular formula is C21H22O5. The zero-order valence-electron chi connectivity index (χ0n) is 15.1. The summed E-state index contributed by atoms with van der Waals surface area (Å²) in [5, 5.41) is 9.56. The van der Waals surface area contributed by atoms with Gasteiger partial charge in [-0.1, -0.05) is 37.3 Å². The minimum absolute atomic E-state index is 0.0144. The third-order valence-electron chi connectivity index (χ3n) is 3.92. The highest BCUT2D eigenvalue weighted by Crippen LogP contribution is 2.26. The molecule has 0 saturated carbocycles. The fourth-order valence-electron chi connectivity index (χ4n) is 2.37.